The van der Waals surface area contributed by atoms with Crippen molar-refractivity contribution in [3.8, 4) is 11.3 Å². The highest BCUT2D eigenvalue weighted by molar-refractivity contribution is 9.10. The fraction of sp³-hybridized carbons (Fsp3) is 0.231. The normalized spacial score (nSPS) is 10.4. The Kier molecular flexibility index (Phi) is 3.81. The Bertz CT molecular complexity index is 577. The number of halogens is 1. The first kappa shape index (κ1) is 12.8. The maximum absolute atomic E-state index is 11.7. The SMILES string of the molecule is CCOC(=O)c1ocnc1-c1ccc(Br)c(C)c1. The Morgan fingerprint density at radius 3 is 2.94 bits per heavy atom. The lowest BCUT2D eigenvalue weighted by atomic mass is 10.1. The summed E-state index contributed by atoms with van der Waals surface area (Å²) in [4.78, 5) is 15.8. The van der Waals surface area contributed by atoms with Crippen LogP contribution in [0.5, 0.6) is 0 Å². The molecule has 0 aliphatic rings. The monoisotopic (exact) mass is 309 g/mol. The van der Waals surface area contributed by atoms with Crippen molar-refractivity contribution in [2.24, 2.45) is 0 Å². The standard InChI is InChI=1S/C13H12BrNO3/c1-3-17-13(16)12-11(15-7-18-12)9-4-5-10(14)8(2)6-9/h4-7H,3H2,1-2H3. The summed E-state index contributed by atoms with van der Waals surface area (Å²) in [5.74, 6) is -0.357. The molecular formula is C13H12BrNO3. The first-order chi connectivity index (χ1) is 8.63. The number of hydrogen-bond acceptors (Lipinski definition) is 4. The average Bonchev–Trinajstić information content (AvgIpc) is 2.82. The minimum atomic E-state index is -0.495. The lowest BCUT2D eigenvalue weighted by molar-refractivity contribution is 0.0491. The Balaban J connectivity index is 2.42. The molecule has 1 heterocycles. The van der Waals surface area contributed by atoms with Gasteiger partial charge in [0, 0.05) is 10.0 Å². The van der Waals surface area contributed by atoms with Crippen LogP contribution in [0.2, 0.25) is 0 Å². The number of oxazole rings is 1. The second-order valence-electron chi connectivity index (χ2n) is 3.71. The van der Waals surface area contributed by atoms with E-state index in [2.05, 4.69) is 20.9 Å². The molecule has 0 atom stereocenters. The molecule has 0 aliphatic heterocycles. The summed E-state index contributed by atoms with van der Waals surface area (Å²) in [7, 11) is 0. The van der Waals surface area contributed by atoms with Crippen molar-refractivity contribution in [2.45, 2.75) is 13.8 Å². The summed E-state index contributed by atoms with van der Waals surface area (Å²) in [5.41, 5.74) is 2.39. The lowest BCUT2D eigenvalue weighted by Gasteiger charge is -2.03. The number of esters is 1. The summed E-state index contributed by atoms with van der Waals surface area (Å²) in [6.07, 6.45) is 1.25. The second kappa shape index (κ2) is 5.35. The van der Waals surface area contributed by atoms with E-state index in [0.717, 1.165) is 15.6 Å². The molecule has 2 rings (SSSR count). The minimum absolute atomic E-state index is 0.138. The quantitative estimate of drug-likeness (QED) is 0.813. The molecule has 0 aliphatic carbocycles. The molecule has 0 unspecified atom stereocenters. The number of aromatic nitrogens is 1. The number of carbonyl (C=O) groups excluding carboxylic acids is 1. The van der Waals surface area contributed by atoms with Crippen molar-refractivity contribution in [1.82, 2.24) is 4.98 Å². The van der Waals surface area contributed by atoms with Gasteiger partial charge >= 0.3 is 5.97 Å². The number of hydrogen-bond donors (Lipinski definition) is 0. The molecule has 0 spiro atoms. The van der Waals surface area contributed by atoms with Gasteiger partial charge in [-0.3, -0.25) is 0 Å². The molecule has 94 valence electrons. The van der Waals surface area contributed by atoms with Gasteiger partial charge < -0.3 is 9.15 Å². The number of nitrogens with zero attached hydrogens (tertiary/aromatic N) is 1. The maximum atomic E-state index is 11.7. The van der Waals surface area contributed by atoms with Gasteiger partial charge in [-0.1, -0.05) is 22.0 Å². The number of aryl methyl sites for hydroxylation is 1. The third-order valence-corrected chi connectivity index (χ3v) is 3.35. The zero-order valence-corrected chi connectivity index (χ0v) is 11.7. The predicted octanol–water partition coefficient (Wildman–Crippen LogP) is 3.59. The van der Waals surface area contributed by atoms with Crippen LogP contribution in [0.1, 0.15) is 23.0 Å². The highest BCUT2D eigenvalue weighted by atomic mass is 79.9. The van der Waals surface area contributed by atoms with E-state index in [9.17, 15) is 4.79 Å². The largest absolute Gasteiger partial charge is 0.460 e. The molecule has 5 heteroatoms. The molecule has 0 bridgehead atoms. The van der Waals surface area contributed by atoms with Gasteiger partial charge in [-0.25, -0.2) is 9.78 Å². The molecule has 1 aromatic heterocycles. The highest BCUT2D eigenvalue weighted by Gasteiger charge is 2.19. The van der Waals surface area contributed by atoms with Crippen molar-refractivity contribution >= 4 is 21.9 Å². The van der Waals surface area contributed by atoms with E-state index in [1.807, 2.05) is 25.1 Å². The molecule has 0 radical (unpaired) electrons. The second-order valence-corrected chi connectivity index (χ2v) is 4.57. The van der Waals surface area contributed by atoms with Crippen molar-refractivity contribution in [3.05, 3.63) is 40.4 Å². The molecule has 0 amide bonds. The summed E-state index contributed by atoms with van der Waals surface area (Å²) in [5, 5.41) is 0. The zero-order valence-electron chi connectivity index (χ0n) is 10.1. The number of benzene rings is 1. The van der Waals surface area contributed by atoms with Crippen LogP contribution in [-0.2, 0) is 4.74 Å². The number of rotatable bonds is 3. The van der Waals surface area contributed by atoms with E-state index in [0.29, 0.717) is 12.3 Å². The summed E-state index contributed by atoms with van der Waals surface area (Å²) >= 11 is 3.43. The predicted molar refractivity (Wildman–Crippen MR) is 70.3 cm³/mol. The van der Waals surface area contributed by atoms with Crippen LogP contribution >= 0.6 is 15.9 Å². The van der Waals surface area contributed by atoms with E-state index in [1.165, 1.54) is 6.39 Å². The van der Waals surface area contributed by atoms with Crippen LogP contribution in [0.25, 0.3) is 11.3 Å². The van der Waals surface area contributed by atoms with Crippen molar-refractivity contribution in [3.63, 3.8) is 0 Å². The first-order valence-electron chi connectivity index (χ1n) is 5.50. The number of carbonyl (C=O) groups is 1. The van der Waals surface area contributed by atoms with Crippen LogP contribution in [-0.4, -0.2) is 17.6 Å². The molecule has 0 saturated carbocycles. The van der Waals surface area contributed by atoms with Crippen LogP contribution in [0.4, 0.5) is 0 Å². The van der Waals surface area contributed by atoms with Crippen LogP contribution < -0.4 is 0 Å². The highest BCUT2D eigenvalue weighted by Crippen LogP contribution is 2.27. The van der Waals surface area contributed by atoms with E-state index < -0.39 is 5.97 Å². The third-order valence-electron chi connectivity index (χ3n) is 2.46. The first-order valence-corrected chi connectivity index (χ1v) is 6.30. The Hall–Kier alpha value is -1.62. The molecule has 2 aromatic rings. The van der Waals surface area contributed by atoms with Gasteiger partial charge in [-0.05, 0) is 31.5 Å². The van der Waals surface area contributed by atoms with Crippen molar-refractivity contribution in [1.29, 1.82) is 0 Å². The third kappa shape index (κ3) is 2.46. The van der Waals surface area contributed by atoms with Crippen molar-refractivity contribution in [2.75, 3.05) is 6.61 Å². The van der Waals surface area contributed by atoms with Gasteiger partial charge in [0.2, 0.25) is 5.76 Å². The van der Waals surface area contributed by atoms with E-state index in [4.69, 9.17) is 9.15 Å². The van der Waals surface area contributed by atoms with Gasteiger partial charge in [-0.15, -0.1) is 0 Å². The Morgan fingerprint density at radius 1 is 1.50 bits per heavy atom. The van der Waals surface area contributed by atoms with E-state index >= 15 is 0 Å². The average molecular weight is 310 g/mol. The Morgan fingerprint density at radius 2 is 2.28 bits per heavy atom. The topological polar surface area (TPSA) is 52.3 Å². The molecule has 0 saturated heterocycles. The number of ether oxygens (including phenoxy) is 1. The fourth-order valence-corrected chi connectivity index (χ4v) is 1.83. The maximum Gasteiger partial charge on any atom is 0.376 e. The smallest absolute Gasteiger partial charge is 0.376 e. The molecule has 0 fully saturated rings. The molecule has 1 aromatic carbocycles. The van der Waals surface area contributed by atoms with Gasteiger partial charge in [0.1, 0.15) is 5.69 Å². The van der Waals surface area contributed by atoms with Gasteiger partial charge in [-0.2, -0.15) is 0 Å². The van der Waals surface area contributed by atoms with Gasteiger partial charge in [0.05, 0.1) is 6.61 Å². The van der Waals surface area contributed by atoms with Crippen LogP contribution in [0, 0.1) is 6.92 Å². The molecular weight excluding hydrogens is 298 g/mol. The summed E-state index contributed by atoms with van der Waals surface area (Å²) in [6, 6.07) is 5.72. The van der Waals surface area contributed by atoms with Crippen LogP contribution in [0.15, 0.2) is 33.5 Å². The Labute approximate surface area is 113 Å². The fourth-order valence-electron chi connectivity index (χ4n) is 1.59. The molecule has 4 nitrogen and oxygen atoms in total. The minimum Gasteiger partial charge on any atom is -0.460 e. The van der Waals surface area contributed by atoms with E-state index in [-0.39, 0.29) is 5.76 Å². The van der Waals surface area contributed by atoms with E-state index in [1.54, 1.807) is 6.92 Å². The molecule has 0 N–H and O–H groups in total. The molecule has 18 heavy (non-hydrogen) atoms. The lowest BCUT2D eigenvalue weighted by Crippen LogP contribution is -2.04. The van der Waals surface area contributed by atoms with Gasteiger partial charge in [0.15, 0.2) is 6.39 Å². The van der Waals surface area contributed by atoms with Crippen molar-refractivity contribution < 1.29 is 13.9 Å². The summed E-state index contributed by atoms with van der Waals surface area (Å²) in [6.45, 7) is 4.02. The summed E-state index contributed by atoms with van der Waals surface area (Å²) < 4.78 is 11.0. The van der Waals surface area contributed by atoms with Gasteiger partial charge in [0.25, 0.3) is 0 Å². The zero-order chi connectivity index (χ0) is 13.1. The van der Waals surface area contributed by atoms with Crippen LogP contribution in [0.3, 0.4) is 0 Å².